The molecule has 4 atom stereocenters. The van der Waals surface area contributed by atoms with Crippen molar-refractivity contribution in [3.8, 4) is 0 Å². The Hall–Kier alpha value is -1.27. The number of ether oxygens (including phenoxy) is 1. The van der Waals surface area contributed by atoms with Gasteiger partial charge in [0, 0.05) is 12.7 Å². The second-order valence-electron chi connectivity index (χ2n) is 7.78. The van der Waals surface area contributed by atoms with Crippen LogP contribution in [0.3, 0.4) is 0 Å². The third-order valence-corrected chi connectivity index (χ3v) is 6.73. The van der Waals surface area contributed by atoms with Crippen molar-refractivity contribution in [2.24, 2.45) is 0 Å². The van der Waals surface area contributed by atoms with Gasteiger partial charge in [-0.05, 0) is 25.9 Å². The zero-order chi connectivity index (χ0) is 22.0. The molecule has 0 aliphatic carbocycles. The van der Waals surface area contributed by atoms with Crippen LogP contribution in [0, 0.1) is 0 Å². The summed E-state index contributed by atoms with van der Waals surface area (Å²) in [4.78, 5) is 26.3. The molecule has 0 aromatic carbocycles. The fourth-order valence-corrected chi connectivity index (χ4v) is 4.32. The molecule has 0 saturated carbocycles. The lowest BCUT2D eigenvalue weighted by Gasteiger charge is -2.18. The van der Waals surface area contributed by atoms with Gasteiger partial charge in [-0.25, -0.2) is 4.79 Å². The minimum Gasteiger partial charge on any atom is -0.388 e. The molecule has 166 valence electrons. The highest BCUT2D eigenvalue weighted by molar-refractivity contribution is 7.85. The average Bonchev–Trinajstić information content (AvgIpc) is 2.85. The van der Waals surface area contributed by atoms with E-state index in [9.17, 15) is 28.2 Å². The molecule has 1 aromatic rings. The number of aromatic nitrogens is 2. The molecule has 0 bridgehead atoms. The van der Waals surface area contributed by atoms with Crippen molar-refractivity contribution in [1.82, 2.24) is 14.9 Å². The van der Waals surface area contributed by atoms with Crippen LogP contribution in [-0.2, 0) is 21.5 Å². The molecule has 13 heteroatoms. The van der Waals surface area contributed by atoms with E-state index in [2.05, 4.69) is 16.6 Å². The van der Waals surface area contributed by atoms with E-state index in [1.165, 1.54) is 6.20 Å². The van der Waals surface area contributed by atoms with E-state index in [1.54, 1.807) is 0 Å². The highest BCUT2D eigenvalue weighted by atomic mass is 32.2. The van der Waals surface area contributed by atoms with Crippen molar-refractivity contribution < 1.29 is 27.9 Å². The number of hydrogen-bond acceptors (Lipinski definition) is 8. The third-order valence-electron chi connectivity index (χ3n) is 4.55. The summed E-state index contributed by atoms with van der Waals surface area (Å²) in [5, 5.41) is 23.3. The van der Waals surface area contributed by atoms with Crippen LogP contribution < -0.4 is 16.6 Å². The Morgan fingerprint density at radius 2 is 1.97 bits per heavy atom. The van der Waals surface area contributed by atoms with Gasteiger partial charge >= 0.3 is 5.69 Å². The molecule has 0 amide bonds. The zero-order valence-electron chi connectivity index (χ0n) is 16.3. The van der Waals surface area contributed by atoms with Gasteiger partial charge in [-0.3, -0.25) is 24.2 Å². The first-order chi connectivity index (χ1) is 13.3. The lowest BCUT2D eigenvalue weighted by Crippen LogP contribution is -2.38. The molecule has 5 N–H and O–H groups in total. The Balaban J connectivity index is 2.15. The zero-order valence-corrected chi connectivity index (χ0v) is 18.0. The van der Waals surface area contributed by atoms with Crippen LogP contribution in [0.15, 0.2) is 15.8 Å². The van der Waals surface area contributed by atoms with Gasteiger partial charge in [-0.1, -0.05) is 0 Å². The molecule has 1 aliphatic rings. The largest absolute Gasteiger partial charge is 0.388 e. The number of aliphatic hydroxyl groups is 2. The number of H-pyrrole nitrogens is 1. The molecule has 1 saturated heterocycles. The maximum absolute atomic E-state index is 12.2. The van der Waals surface area contributed by atoms with Crippen LogP contribution >= 0.6 is 6.89 Å². The molecular weight excluding hydrogens is 425 g/mol. The summed E-state index contributed by atoms with van der Waals surface area (Å²) in [6.07, 6.45) is 2.21. The standard InChI is InChI=1S/C16H28N3O8PS/c1-28(2,3)6-4-11-12(20)13(21)14(27-11)10-8-19(16(23)18-15(10)22)9-17-5-7-29(24,25)26/h8,11-14,17,20-21H,1,4-7,9H2,2-3H3,(H,18,22,23)(H,24,25,26)/t11-,12-,13-,14?/m1/s1. The fourth-order valence-electron chi connectivity index (χ4n) is 2.97. The number of aliphatic hydroxyl groups excluding tert-OH is 2. The van der Waals surface area contributed by atoms with Crippen LogP contribution in [0.25, 0.3) is 0 Å². The second-order valence-corrected chi connectivity index (χ2v) is 13.7. The summed E-state index contributed by atoms with van der Waals surface area (Å²) < 4.78 is 37.0. The van der Waals surface area contributed by atoms with E-state index in [1.807, 2.05) is 13.3 Å². The number of rotatable bonds is 9. The monoisotopic (exact) mass is 453 g/mol. The maximum atomic E-state index is 12.2. The van der Waals surface area contributed by atoms with Crippen LogP contribution in [0.2, 0.25) is 0 Å². The molecule has 29 heavy (non-hydrogen) atoms. The Bertz CT molecular complexity index is 983. The van der Waals surface area contributed by atoms with Gasteiger partial charge in [0.05, 0.1) is 24.1 Å². The van der Waals surface area contributed by atoms with E-state index in [-0.39, 0.29) is 18.8 Å². The Morgan fingerprint density at radius 3 is 2.55 bits per heavy atom. The molecule has 1 aromatic heterocycles. The lowest BCUT2D eigenvalue weighted by molar-refractivity contribution is 0.00492. The van der Waals surface area contributed by atoms with Crippen LogP contribution in [0.4, 0.5) is 0 Å². The first kappa shape index (κ1) is 24.0. The molecule has 11 nitrogen and oxygen atoms in total. The van der Waals surface area contributed by atoms with Crippen molar-refractivity contribution in [3.63, 3.8) is 0 Å². The van der Waals surface area contributed by atoms with E-state index in [0.29, 0.717) is 6.42 Å². The number of nitrogens with one attached hydrogen (secondary N) is 2. The smallest absolute Gasteiger partial charge is 0.329 e. The van der Waals surface area contributed by atoms with Gasteiger partial charge < -0.3 is 14.9 Å². The molecule has 1 aliphatic heterocycles. The number of aromatic amines is 1. The van der Waals surface area contributed by atoms with Crippen molar-refractivity contribution in [2.75, 3.05) is 31.8 Å². The predicted octanol–water partition coefficient (Wildman–Crippen LogP) is -1.77. The number of nitrogens with zero attached hydrogens (tertiary/aromatic N) is 1. The second kappa shape index (κ2) is 9.25. The molecule has 2 rings (SSSR count). The van der Waals surface area contributed by atoms with Crippen molar-refractivity contribution in [2.45, 2.75) is 37.5 Å². The Labute approximate surface area is 168 Å². The van der Waals surface area contributed by atoms with Crippen molar-refractivity contribution in [1.29, 1.82) is 0 Å². The molecule has 1 fully saturated rings. The summed E-state index contributed by atoms with van der Waals surface area (Å²) in [5.74, 6) is -0.540. The van der Waals surface area contributed by atoms with Crippen LogP contribution in [-0.4, -0.2) is 89.1 Å². The van der Waals surface area contributed by atoms with Gasteiger partial charge in [0.2, 0.25) is 0 Å². The minimum absolute atomic E-state index is 0.0288. The first-order valence-electron chi connectivity index (χ1n) is 8.97. The van der Waals surface area contributed by atoms with Gasteiger partial charge in [0.1, 0.15) is 18.3 Å². The summed E-state index contributed by atoms with van der Waals surface area (Å²) >= 11 is 0. The normalized spacial score (nSPS) is 25.4. The minimum atomic E-state index is -4.14. The Morgan fingerprint density at radius 1 is 1.31 bits per heavy atom. The molecule has 0 spiro atoms. The van der Waals surface area contributed by atoms with Gasteiger partial charge in [0.25, 0.3) is 15.7 Å². The van der Waals surface area contributed by atoms with Crippen molar-refractivity contribution in [3.05, 3.63) is 32.6 Å². The van der Waals surface area contributed by atoms with E-state index < -0.39 is 58.4 Å². The topological polar surface area (TPSA) is 171 Å². The molecular formula is C16H28N3O8PS. The third kappa shape index (κ3) is 6.88. The number of hydrogen-bond donors (Lipinski definition) is 5. The molecule has 2 heterocycles. The van der Waals surface area contributed by atoms with E-state index in [0.717, 1.165) is 10.7 Å². The summed E-state index contributed by atoms with van der Waals surface area (Å²) in [6.45, 7) is 2.45. The average molecular weight is 453 g/mol. The highest BCUT2D eigenvalue weighted by Gasteiger charge is 2.44. The van der Waals surface area contributed by atoms with Gasteiger partial charge in [-0.2, -0.15) is 8.42 Å². The van der Waals surface area contributed by atoms with Gasteiger partial charge in [-0.15, -0.1) is 13.2 Å². The van der Waals surface area contributed by atoms with Gasteiger partial charge in [0.15, 0.2) is 0 Å². The summed E-state index contributed by atoms with van der Waals surface area (Å²) in [5.41, 5.74) is -1.52. The van der Waals surface area contributed by atoms with E-state index in [4.69, 9.17) is 9.29 Å². The van der Waals surface area contributed by atoms with Crippen LogP contribution in [0.1, 0.15) is 18.1 Å². The first-order valence-corrected chi connectivity index (χ1v) is 13.6. The molecule has 1 unspecified atom stereocenters. The van der Waals surface area contributed by atoms with Crippen molar-refractivity contribution >= 4 is 23.3 Å². The fraction of sp³-hybridized carbons (Fsp3) is 0.688. The van der Waals surface area contributed by atoms with Crippen LogP contribution in [0.5, 0.6) is 0 Å². The van der Waals surface area contributed by atoms with E-state index >= 15 is 0 Å². The lowest BCUT2D eigenvalue weighted by atomic mass is 10.0. The maximum Gasteiger partial charge on any atom is 0.329 e. The summed E-state index contributed by atoms with van der Waals surface area (Å²) in [6, 6.07) is 0. The molecule has 0 radical (unpaired) electrons. The quantitative estimate of drug-likeness (QED) is 0.165. The highest BCUT2D eigenvalue weighted by Crippen LogP contribution is 2.40. The predicted molar refractivity (Wildman–Crippen MR) is 111 cm³/mol. The summed E-state index contributed by atoms with van der Waals surface area (Å²) in [7, 11) is -4.14. The Kier molecular flexibility index (Phi) is 7.66. The SMILES string of the molecule is C=P(C)(C)CC[C@H]1OC(c2cn(CNCCS(=O)(=O)O)c(=O)[nH]c2=O)[C@H](O)[C@@H]1O.